The fraction of sp³-hybridized carbons (Fsp3) is 0.600. The van der Waals surface area contributed by atoms with E-state index in [2.05, 4.69) is 10.6 Å². The van der Waals surface area contributed by atoms with E-state index in [-0.39, 0.29) is 42.3 Å². The lowest BCUT2D eigenvalue weighted by Gasteiger charge is -2.37. The summed E-state index contributed by atoms with van der Waals surface area (Å²) < 4.78 is 18.8. The molecule has 1 heterocycles. The van der Waals surface area contributed by atoms with Crippen molar-refractivity contribution in [1.29, 1.82) is 0 Å². The summed E-state index contributed by atoms with van der Waals surface area (Å²) in [6.45, 7) is 0.284. The Morgan fingerprint density at radius 3 is 2.52 bits per heavy atom. The van der Waals surface area contributed by atoms with Gasteiger partial charge in [-0.25, -0.2) is 4.39 Å². The highest BCUT2D eigenvalue weighted by Gasteiger charge is 2.34. The van der Waals surface area contributed by atoms with Crippen LogP contribution < -0.4 is 10.6 Å². The van der Waals surface area contributed by atoms with Gasteiger partial charge >= 0.3 is 0 Å². The Bertz CT molecular complexity index is 648. The molecule has 0 spiro atoms. The number of halogens is 1. The van der Waals surface area contributed by atoms with Crippen LogP contribution in [0.25, 0.3) is 0 Å². The van der Waals surface area contributed by atoms with Gasteiger partial charge in [0.15, 0.2) is 0 Å². The smallest absolute Gasteiger partial charge is 0.251 e. The number of nitrogens with one attached hydrogen (secondary N) is 2. The fourth-order valence-electron chi connectivity index (χ4n) is 3.53. The van der Waals surface area contributed by atoms with Crippen LogP contribution in [0.4, 0.5) is 4.39 Å². The SMILES string of the molecule is O=C(NCC[C@H]1CC[C@@H](NC(=O)C2CCC2)[C@H](CO)O1)c1ccc(F)cc1. The van der Waals surface area contributed by atoms with Gasteiger partial charge in [-0.1, -0.05) is 6.42 Å². The topological polar surface area (TPSA) is 87.7 Å². The molecule has 27 heavy (non-hydrogen) atoms. The highest BCUT2D eigenvalue weighted by molar-refractivity contribution is 5.94. The summed E-state index contributed by atoms with van der Waals surface area (Å²) in [5.74, 6) is -0.451. The summed E-state index contributed by atoms with van der Waals surface area (Å²) in [5, 5.41) is 15.4. The minimum absolute atomic E-state index is 0.0679. The van der Waals surface area contributed by atoms with E-state index < -0.39 is 6.10 Å². The van der Waals surface area contributed by atoms with Gasteiger partial charge in [-0.3, -0.25) is 9.59 Å². The van der Waals surface area contributed by atoms with Crippen molar-refractivity contribution >= 4 is 11.8 Å². The lowest BCUT2D eigenvalue weighted by atomic mass is 9.84. The lowest BCUT2D eigenvalue weighted by molar-refractivity contribution is -0.134. The van der Waals surface area contributed by atoms with Gasteiger partial charge in [-0.05, 0) is 56.4 Å². The second-order valence-electron chi connectivity index (χ2n) is 7.35. The molecule has 2 aliphatic rings. The van der Waals surface area contributed by atoms with E-state index in [1.165, 1.54) is 24.3 Å². The molecule has 7 heteroatoms. The van der Waals surface area contributed by atoms with Crippen LogP contribution in [0.2, 0.25) is 0 Å². The number of hydrogen-bond donors (Lipinski definition) is 3. The quantitative estimate of drug-likeness (QED) is 0.675. The van der Waals surface area contributed by atoms with Crippen LogP contribution in [0, 0.1) is 11.7 Å². The predicted molar refractivity (Wildman–Crippen MR) is 97.6 cm³/mol. The molecule has 1 aromatic carbocycles. The number of hydrogen-bond acceptors (Lipinski definition) is 4. The number of aliphatic hydroxyl groups is 1. The molecule has 0 bridgehead atoms. The average molecular weight is 378 g/mol. The highest BCUT2D eigenvalue weighted by Crippen LogP contribution is 2.28. The van der Waals surface area contributed by atoms with Crippen molar-refractivity contribution in [2.75, 3.05) is 13.2 Å². The second kappa shape index (κ2) is 9.28. The monoisotopic (exact) mass is 378 g/mol. The molecule has 1 aromatic rings. The van der Waals surface area contributed by atoms with Crippen molar-refractivity contribution in [3.63, 3.8) is 0 Å². The minimum atomic E-state index is -0.416. The van der Waals surface area contributed by atoms with Crippen LogP contribution in [0.1, 0.15) is 48.9 Å². The average Bonchev–Trinajstić information content (AvgIpc) is 2.61. The van der Waals surface area contributed by atoms with Gasteiger partial charge < -0.3 is 20.5 Å². The first-order chi connectivity index (χ1) is 13.1. The van der Waals surface area contributed by atoms with E-state index in [1.54, 1.807) is 0 Å². The van der Waals surface area contributed by atoms with Crippen LogP contribution in [-0.2, 0) is 9.53 Å². The molecule has 3 rings (SSSR count). The fourth-order valence-corrected chi connectivity index (χ4v) is 3.53. The van der Waals surface area contributed by atoms with Gasteiger partial charge in [0.1, 0.15) is 11.9 Å². The Morgan fingerprint density at radius 1 is 1.15 bits per heavy atom. The van der Waals surface area contributed by atoms with Crippen molar-refractivity contribution in [3.05, 3.63) is 35.6 Å². The maximum absolute atomic E-state index is 12.9. The summed E-state index contributed by atoms with van der Waals surface area (Å²) in [6.07, 6.45) is 4.63. The molecule has 0 radical (unpaired) electrons. The zero-order chi connectivity index (χ0) is 19.2. The van der Waals surface area contributed by atoms with Crippen molar-refractivity contribution < 1.29 is 23.8 Å². The minimum Gasteiger partial charge on any atom is -0.394 e. The predicted octanol–water partition coefficient (Wildman–Crippen LogP) is 1.77. The molecule has 0 unspecified atom stereocenters. The molecule has 1 saturated heterocycles. The van der Waals surface area contributed by atoms with E-state index >= 15 is 0 Å². The van der Waals surface area contributed by atoms with Gasteiger partial charge in [0.25, 0.3) is 5.91 Å². The Hall–Kier alpha value is -1.99. The molecule has 3 N–H and O–H groups in total. The van der Waals surface area contributed by atoms with Crippen molar-refractivity contribution in [2.24, 2.45) is 5.92 Å². The molecule has 2 amide bonds. The van der Waals surface area contributed by atoms with Gasteiger partial charge in [0.05, 0.1) is 18.8 Å². The van der Waals surface area contributed by atoms with Crippen LogP contribution in [-0.4, -0.2) is 48.3 Å². The Morgan fingerprint density at radius 2 is 1.89 bits per heavy atom. The summed E-state index contributed by atoms with van der Waals surface area (Å²) in [4.78, 5) is 24.1. The van der Waals surface area contributed by atoms with Crippen molar-refractivity contribution in [3.8, 4) is 0 Å². The first kappa shape index (κ1) is 19.8. The zero-order valence-electron chi connectivity index (χ0n) is 15.3. The first-order valence-electron chi connectivity index (χ1n) is 9.67. The third-order valence-corrected chi connectivity index (χ3v) is 5.46. The Balaban J connectivity index is 1.40. The number of benzene rings is 1. The molecular weight excluding hydrogens is 351 g/mol. The number of amides is 2. The van der Waals surface area contributed by atoms with E-state index in [4.69, 9.17) is 4.74 Å². The van der Waals surface area contributed by atoms with Crippen molar-refractivity contribution in [1.82, 2.24) is 10.6 Å². The highest BCUT2D eigenvalue weighted by atomic mass is 19.1. The van der Waals surface area contributed by atoms with Crippen LogP contribution in [0.3, 0.4) is 0 Å². The largest absolute Gasteiger partial charge is 0.394 e. The molecule has 1 aliphatic heterocycles. The summed E-state index contributed by atoms with van der Waals surface area (Å²) in [7, 11) is 0. The van der Waals surface area contributed by atoms with E-state index in [1.807, 2.05) is 0 Å². The molecule has 0 aromatic heterocycles. The Labute approximate surface area is 158 Å². The van der Waals surface area contributed by atoms with Gasteiger partial charge in [0, 0.05) is 18.0 Å². The molecule has 6 nitrogen and oxygen atoms in total. The normalized spacial score (nSPS) is 25.5. The standard InChI is InChI=1S/C20H27FN2O4/c21-15-6-4-14(5-7-15)19(25)22-11-10-16-8-9-17(18(12-24)27-16)23-20(26)13-2-1-3-13/h4-7,13,16-18,24H,1-3,8-12H2,(H,22,25)(H,23,26)/t16-,17-,18+/m1/s1. The van der Waals surface area contributed by atoms with E-state index in [9.17, 15) is 19.1 Å². The first-order valence-corrected chi connectivity index (χ1v) is 9.67. The zero-order valence-corrected chi connectivity index (χ0v) is 15.3. The number of rotatable bonds is 7. The van der Waals surface area contributed by atoms with Gasteiger partial charge in [0.2, 0.25) is 5.91 Å². The second-order valence-corrected chi connectivity index (χ2v) is 7.35. The summed E-state index contributed by atoms with van der Waals surface area (Å²) >= 11 is 0. The maximum atomic E-state index is 12.9. The van der Waals surface area contributed by atoms with E-state index in [0.717, 1.165) is 32.1 Å². The molecule has 2 fully saturated rings. The molecule has 3 atom stereocenters. The number of aliphatic hydroxyl groups excluding tert-OH is 1. The third-order valence-electron chi connectivity index (χ3n) is 5.46. The van der Waals surface area contributed by atoms with Crippen molar-refractivity contribution in [2.45, 2.75) is 56.8 Å². The van der Waals surface area contributed by atoms with E-state index in [0.29, 0.717) is 18.5 Å². The van der Waals surface area contributed by atoms with Gasteiger partial charge in [-0.15, -0.1) is 0 Å². The number of ether oxygens (including phenoxy) is 1. The number of carbonyl (C=O) groups is 2. The number of carbonyl (C=O) groups excluding carboxylic acids is 2. The van der Waals surface area contributed by atoms with Crippen LogP contribution in [0.5, 0.6) is 0 Å². The molecule has 148 valence electrons. The van der Waals surface area contributed by atoms with Gasteiger partial charge in [-0.2, -0.15) is 0 Å². The summed E-state index contributed by atoms with van der Waals surface area (Å²) in [6, 6.07) is 5.23. The Kier molecular flexibility index (Phi) is 6.79. The summed E-state index contributed by atoms with van der Waals surface area (Å²) in [5.41, 5.74) is 0.410. The van der Waals surface area contributed by atoms with Crippen LogP contribution >= 0.6 is 0 Å². The maximum Gasteiger partial charge on any atom is 0.251 e. The molecule has 1 aliphatic carbocycles. The lowest BCUT2D eigenvalue weighted by Crippen LogP contribution is -2.53. The molecular formula is C20H27FN2O4. The third kappa shape index (κ3) is 5.26. The molecule has 1 saturated carbocycles. The van der Waals surface area contributed by atoms with Crippen LogP contribution in [0.15, 0.2) is 24.3 Å².